The number of benzene rings is 1. The zero-order chi connectivity index (χ0) is 13.7. The van der Waals surface area contributed by atoms with E-state index in [1.54, 1.807) is 6.07 Å². The first-order valence-electron chi connectivity index (χ1n) is 6.36. The summed E-state index contributed by atoms with van der Waals surface area (Å²) in [5.74, 6) is 7.86. The molecule has 0 atom stereocenters. The molecule has 0 bridgehead atoms. The van der Waals surface area contributed by atoms with Gasteiger partial charge in [-0.15, -0.1) is 0 Å². The molecule has 1 heterocycles. The fourth-order valence-electron chi connectivity index (χ4n) is 1.67. The average molecular weight is 258 g/mol. The van der Waals surface area contributed by atoms with E-state index in [-0.39, 0.29) is 0 Å². The van der Waals surface area contributed by atoms with Crippen LogP contribution in [0.3, 0.4) is 0 Å². The summed E-state index contributed by atoms with van der Waals surface area (Å²) in [5.41, 5.74) is 3.79. The molecule has 0 unspecified atom stereocenters. The number of nitrogens with one attached hydrogen (secondary N) is 1. The Labute approximate surface area is 112 Å². The second-order valence-corrected chi connectivity index (χ2v) is 4.11. The summed E-state index contributed by atoms with van der Waals surface area (Å²) in [6, 6.07) is 9.62. The number of hydrogen-bond donors (Lipinski definition) is 2. The molecule has 2 rings (SSSR count). The molecule has 19 heavy (non-hydrogen) atoms. The van der Waals surface area contributed by atoms with E-state index in [1.165, 1.54) is 5.56 Å². The molecule has 5 heteroatoms. The van der Waals surface area contributed by atoms with Gasteiger partial charge in [-0.3, -0.25) is 0 Å². The maximum absolute atomic E-state index is 5.72. The van der Waals surface area contributed by atoms with Gasteiger partial charge in [0.15, 0.2) is 0 Å². The van der Waals surface area contributed by atoms with Crippen LogP contribution in [0.5, 0.6) is 11.6 Å². The van der Waals surface area contributed by atoms with E-state index in [2.05, 4.69) is 22.3 Å². The summed E-state index contributed by atoms with van der Waals surface area (Å²) < 4.78 is 5.72. The molecule has 100 valence electrons. The van der Waals surface area contributed by atoms with E-state index in [9.17, 15) is 0 Å². The summed E-state index contributed by atoms with van der Waals surface area (Å²) in [5, 5.41) is 0. The van der Waals surface area contributed by atoms with Crippen molar-refractivity contribution in [3.8, 4) is 11.6 Å². The number of nitrogen functional groups attached to an aromatic ring is 1. The van der Waals surface area contributed by atoms with Crippen LogP contribution in [0.15, 0.2) is 30.3 Å². The molecular formula is C14H18N4O. The van der Waals surface area contributed by atoms with Gasteiger partial charge in [-0.1, -0.05) is 26.0 Å². The Balaban J connectivity index is 2.21. The highest BCUT2D eigenvalue weighted by molar-refractivity contribution is 5.39. The zero-order valence-corrected chi connectivity index (χ0v) is 11.2. The molecule has 1 aromatic heterocycles. The van der Waals surface area contributed by atoms with Crippen molar-refractivity contribution in [2.45, 2.75) is 26.7 Å². The summed E-state index contributed by atoms with van der Waals surface area (Å²) in [7, 11) is 0. The van der Waals surface area contributed by atoms with Gasteiger partial charge in [-0.2, -0.15) is 4.98 Å². The smallest absolute Gasteiger partial charge is 0.224 e. The lowest BCUT2D eigenvalue weighted by Gasteiger charge is -2.08. The monoisotopic (exact) mass is 258 g/mol. The average Bonchev–Trinajstić information content (AvgIpc) is 2.47. The summed E-state index contributed by atoms with van der Waals surface area (Å²) >= 11 is 0. The lowest BCUT2D eigenvalue weighted by molar-refractivity contribution is 0.459. The number of aromatic nitrogens is 2. The van der Waals surface area contributed by atoms with E-state index in [0.717, 1.165) is 18.6 Å². The van der Waals surface area contributed by atoms with E-state index in [4.69, 9.17) is 10.6 Å². The molecule has 0 aliphatic heterocycles. The van der Waals surface area contributed by atoms with Crippen molar-refractivity contribution in [2.24, 2.45) is 5.84 Å². The number of hydrogen-bond acceptors (Lipinski definition) is 5. The summed E-state index contributed by atoms with van der Waals surface area (Å²) in [4.78, 5) is 8.52. The number of nitrogens with two attached hydrogens (primary N) is 1. The van der Waals surface area contributed by atoms with Crippen LogP contribution in [0, 0.1) is 0 Å². The Morgan fingerprint density at radius 1 is 1.11 bits per heavy atom. The van der Waals surface area contributed by atoms with Crippen LogP contribution in [0.4, 0.5) is 5.82 Å². The van der Waals surface area contributed by atoms with Crippen LogP contribution >= 0.6 is 0 Å². The number of hydrazine groups is 1. The molecule has 3 N–H and O–H groups in total. The lowest BCUT2D eigenvalue weighted by Crippen LogP contribution is -2.10. The second-order valence-electron chi connectivity index (χ2n) is 4.11. The Kier molecular flexibility index (Phi) is 4.30. The topological polar surface area (TPSA) is 73.1 Å². The van der Waals surface area contributed by atoms with Crippen molar-refractivity contribution in [3.05, 3.63) is 41.7 Å². The number of rotatable bonds is 5. The van der Waals surface area contributed by atoms with Crippen LogP contribution in [-0.2, 0) is 12.8 Å². The molecule has 0 spiro atoms. The molecule has 0 aliphatic rings. The third-order valence-electron chi connectivity index (χ3n) is 2.77. The van der Waals surface area contributed by atoms with Gasteiger partial charge in [0, 0.05) is 12.5 Å². The fraction of sp³-hybridized carbons (Fsp3) is 0.286. The van der Waals surface area contributed by atoms with Gasteiger partial charge in [-0.25, -0.2) is 10.8 Å². The molecular weight excluding hydrogens is 240 g/mol. The number of anilines is 1. The molecule has 1 aromatic carbocycles. The first kappa shape index (κ1) is 13.3. The number of ether oxygens (including phenoxy) is 1. The minimum absolute atomic E-state index is 0.490. The van der Waals surface area contributed by atoms with Crippen LogP contribution in [-0.4, -0.2) is 9.97 Å². The van der Waals surface area contributed by atoms with Crippen molar-refractivity contribution < 1.29 is 4.74 Å². The fourth-order valence-corrected chi connectivity index (χ4v) is 1.67. The quantitative estimate of drug-likeness (QED) is 0.637. The predicted molar refractivity (Wildman–Crippen MR) is 75.1 cm³/mol. The standard InChI is InChI=1S/C14H18N4O/c1-3-10-5-7-11(8-6-10)19-14-9-13(18-15)16-12(4-2)17-14/h5-9H,3-4,15H2,1-2H3,(H,16,17,18). The summed E-state index contributed by atoms with van der Waals surface area (Å²) in [6.07, 6.45) is 1.73. The summed E-state index contributed by atoms with van der Waals surface area (Å²) in [6.45, 7) is 4.10. The minimum Gasteiger partial charge on any atom is -0.439 e. The Morgan fingerprint density at radius 3 is 2.42 bits per heavy atom. The van der Waals surface area contributed by atoms with Gasteiger partial charge >= 0.3 is 0 Å². The van der Waals surface area contributed by atoms with Crippen molar-refractivity contribution in [1.29, 1.82) is 0 Å². The minimum atomic E-state index is 0.490. The molecule has 0 fully saturated rings. The van der Waals surface area contributed by atoms with Crippen molar-refractivity contribution >= 4 is 5.82 Å². The molecule has 0 saturated carbocycles. The van der Waals surface area contributed by atoms with Gasteiger partial charge < -0.3 is 10.2 Å². The molecule has 0 saturated heterocycles. The predicted octanol–water partition coefficient (Wildman–Crippen LogP) is 2.68. The maximum atomic E-state index is 5.72. The van der Waals surface area contributed by atoms with Gasteiger partial charge in [0.05, 0.1) is 0 Å². The zero-order valence-electron chi connectivity index (χ0n) is 11.2. The van der Waals surface area contributed by atoms with Crippen LogP contribution in [0.1, 0.15) is 25.2 Å². The highest BCUT2D eigenvalue weighted by Gasteiger charge is 2.05. The van der Waals surface area contributed by atoms with Gasteiger partial charge in [0.2, 0.25) is 5.88 Å². The molecule has 0 aliphatic carbocycles. The van der Waals surface area contributed by atoms with Gasteiger partial charge in [0.25, 0.3) is 0 Å². The maximum Gasteiger partial charge on any atom is 0.224 e. The Morgan fingerprint density at radius 2 is 1.84 bits per heavy atom. The molecule has 2 aromatic rings. The lowest BCUT2D eigenvalue weighted by atomic mass is 10.2. The second kappa shape index (κ2) is 6.15. The van der Waals surface area contributed by atoms with Crippen molar-refractivity contribution in [2.75, 3.05) is 5.43 Å². The SMILES string of the molecule is CCc1ccc(Oc2cc(NN)nc(CC)n2)cc1. The van der Waals surface area contributed by atoms with Crippen LogP contribution < -0.4 is 16.0 Å². The highest BCUT2D eigenvalue weighted by atomic mass is 16.5. The third kappa shape index (κ3) is 3.42. The van der Waals surface area contributed by atoms with Crippen LogP contribution in [0.2, 0.25) is 0 Å². The first-order valence-corrected chi connectivity index (χ1v) is 6.36. The highest BCUT2D eigenvalue weighted by Crippen LogP contribution is 2.22. The Bertz CT molecular complexity index is 517. The number of aryl methyl sites for hydroxylation is 2. The molecule has 0 radical (unpaired) electrons. The molecule has 5 nitrogen and oxygen atoms in total. The van der Waals surface area contributed by atoms with Crippen LogP contribution in [0.25, 0.3) is 0 Å². The van der Waals surface area contributed by atoms with E-state index in [1.807, 2.05) is 31.2 Å². The van der Waals surface area contributed by atoms with Gasteiger partial charge in [0.1, 0.15) is 17.4 Å². The van der Waals surface area contributed by atoms with Crippen molar-refractivity contribution in [1.82, 2.24) is 9.97 Å². The molecule has 0 amide bonds. The van der Waals surface area contributed by atoms with E-state index >= 15 is 0 Å². The number of nitrogens with zero attached hydrogens (tertiary/aromatic N) is 2. The van der Waals surface area contributed by atoms with Crippen molar-refractivity contribution in [3.63, 3.8) is 0 Å². The first-order chi connectivity index (χ1) is 9.25. The van der Waals surface area contributed by atoms with Gasteiger partial charge in [-0.05, 0) is 24.1 Å². The largest absolute Gasteiger partial charge is 0.439 e. The Hall–Kier alpha value is -2.14. The van der Waals surface area contributed by atoms with E-state index < -0.39 is 0 Å². The normalized spacial score (nSPS) is 10.3. The third-order valence-corrected chi connectivity index (χ3v) is 2.77. The van der Waals surface area contributed by atoms with E-state index in [0.29, 0.717) is 17.5 Å².